The van der Waals surface area contributed by atoms with Crippen LogP contribution in [0.1, 0.15) is 66.9 Å². The molecule has 1 N–H and O–H groups in total. The molecule has 0 aromatic carbocycles. The number of nitrogens with one attached hydrogen (secondary N) is 1. The SMILES string of the molecule is CCOC(=O)CC(c1ccc(OC)nc1)c1ncc(CCCCc2ccc3c(n2)NCCC3)n1C. The molecule has 1 aliphatic heterocycles. The van der Waals surface area contributed by atoms with Gasteiger partial charge in [0.05, 0.1) is 26.1 Å². The van der Waals surface area contributed by atoms with Gasteiger partial charge in [-0.05, 0) is 62.6 Å². The average Bonchev–Trinajstić information content (AvgIpc) is 3.25. The fraction of sp³-hybridized carbons (Fsp3) is 0.481. The topological polar surface area (TPSA) is 91.2 Å². The third-order valence-electron chi connectivity index (χ3n) is 6.55. The summed E-state index contributed by atoms with van der Waals surface area (Å²) in [6, 6.07) is 8.12. The average molecular weight is 478 g/mol. The number of aryl methyl sites for hydroxylation is 3. The molecule has 35 heavy (non-hydrogen) atoms. The van der Waals surface area contributed by atoms with Crippen LogP contribution >= 0.6 is 0 Å². The second-order valence-electron chi connectivity index (χ2n) is 8.91. The number of hydrogen-bond acceptors (Lipinski definition) is 7. The summed E-state index contributed by atoms with van der Waals surface area (Å²) in [5, 5.41) is 3.41. The first-order valence-electron chi connectivity index (χ1n) is 12.5. The van der Waals surface area contributed by atoms with E-state index in [4.69, 9.17) is 19.4 Å². The normalized spacial score (nSPS) is 13.6. The molecule has 0 fully saturated rings. The van der Waals surface area contributed by atoms with Gasteiger partial charge in [0.2, 0.25) is 5.88 Å². The second kappa shape index (κ2) is 11.8. The lowest BCUT2D eigenvalue weighted by molar-refractivity contribution is -0.143. The Hall–Kier alpha value is -3.42. The lowest BCUT2D eigenvalue weighted by Crippen LogP contribution is -2.16. The number of unbranched alkanes of at least 4 members (excludes halogenated alkanes) is 1. The summed E-state index contributed by atoms with van der Waals surface area (Å²) in [5.41, 5.74) is 4.53. The Balaban J connectivity index is 1.40. The molecule has 1 atom stereocenters. The molecular weight excluding hydrogens is 442 g/mol. The Morgan fingerprint density at radius 1 is 1.14 bits per heavy atom. The molecule has 186 valence electrons. The standard InChI is InChI=1S/C27H35N5O3/c1-4-35-25(33)16-23(20-12-14-24(34-3)29-17-20)27-30-18-22(32(27)2)10-6-5-9-21-13-11-19-8-7-15-28-26(19)31-21/h11-14,17-18,23H,4-10,15-16H2,1-3H3,(H,28,31). The summed E-state index contributed by atoms with van der Waals surface area (Å²) in [5.74, 6) is 1.95. The largest absolute Gasteiger partial charge is 0.481 e. The highest BCUT2D eigenvalue weighted by molar-refractivity contribution is 5.71. The van der Waals surface area contributed by atoms with Crippen molar-refractivity contribution in [1.82, 2.24) is 19.5 Å². The number of carbonyl (C=O) groups excluding carboxylic acids is 1. The predicted octanol–water partition coefficient (Wildman–Crippen LogP) is 4.23. The van der Waals surface area contributed by atoms with Gasteiger partial charge in [0, 0.05) is 43.4 Å². The van der Waals surface area contributed by atoms with E-state index >= 15 is 0 Å². The number of methoxy groups -OCH3 is 1. The summed E-state index contributed by atoms with van der Waals surface area (Å²) in [6.45, 7) is 3.18. The van der Waals surface area contributed by atoms with Crippen LogP contribution < -0.4 is 10.1 Å². The molecule has 0 radical (unpaired) electrons. The van der Waals surface area contributed by atoms with Crippen molar-refractivity contribution in [2.75, 3.05) is 25.6 Å². The number of pyridine rings is 2. The van der Waals surface area contributed by atoms with Crippen molar-refractivity contribution in [3.05, 3.63) is 65.0 Å². The first-order valence-corrected chi connectivity index (χ1v) is 12.5. The molecule has 1 unspecified atom stereocenters. The molecule has 0 saturated carbocycles. The summed E-state index contributed by atoms with van der Waals surface area (Å²) >= 11 is 0. The van der Waals surface area contributed by atoms with Crippen LogP contribution in [0.3, 0.4) is 0 Å². The second-order valence-corrected chi connectivity index (χ2v) is 8.91. The Morgan fingerprint density at radius 2 is 2.00 bits per heavy atom. The highest BCUT2D eigenvalue weighted by Crippen LogP contribution is 2.29. The van der Waals surface area contributed by atoms with E-state index in [-0.39, 0.29) is 18.3 Å². The fourth-order valence-electron chi connectivity index (χ4n) is 4.60. The monoisotopic (exact) mass is 477 g/mol. The Kier molecular flexibility index (Phi) is 8.34. The molecule has 3 aromatic rings. The number of nitrogens with zero attached hydrogens (tertiary/aromatic N) is 4. The van der Waals surface area contributed by atoms with E-state index in [1.165, 1.54) is 12.0 Å². The van der Waals surface area contributed by atoms with Crippen molar-refractivity contribution in [2.45, 2.75) is 57.8 Å². The molecule has 0 saturated heterocycles. The van der Waals surface area contributed by atoms with E-state index in [1.807, 2.05) is 32.3 Å². The van der Waals surface area contributed by atoms with Gasteiger partial charge in [-0.15, -0.1) is 0 Å². The van der Waals surface area contributed by atoms with Crippen LogP contribution in [-0.2, 0) is 35.8 Å². The molecule has 4 rings (SSSR count). The minimum absolute atomic E-state index is 0.212. The minimum atomic E-state index is -0.245. The van der Waals surface area contributed by atoms with Crippen LogP contribution in [0.4, 0.5) is 5.82 Å². The molecule has 8 heteroatoms. The van der Waals surface area contributed by atoms with Gasteiger partial charge in [0.1, 0.15) is 11.6 Å². The van der Waals surface area contributed by atoms with E-state index in [0.717, 1.165) is 67.2 Å². The molecule has 0 bridgehead atoms. The molecule has 0 amide bonds. The lowest BCUT2D eigenvalue weighted by Gasteiger charge is -2.18. The lowest BCUT2D eigenvalue weighted by atomic mass is 9.96. The van der Waals surface area contributed by atoms with Gasteiger partial charge in [0.25, 0.3) is 0 Å². The molecule has 1 aliphatic rings. The Morgan fingerprint density at radius 3 is 2.77 bits per heavy atom. The molecular formula is C27H35N5O3. The number of hydrogen-bond donors (Lipinski definition) is 1. The number of fused-ring (bicyclic) bond motifs is 1. The number of imidazole rings is 1. The van der Waals surface area contributed by atoms with Crippen molar-refractivity contribution >= 4 is 11.8 Å². The first-order chi connectivity index (χ1) is 17.1. The van der Waals surface area contributed by atoms with Crippen molar-refractivity contribution in [2.24, 2.45) is 7.05 Å². The van der Waals surface area contributed by atoms with Gasteiger partial charge in [-0.3, -0.25) is 4.79 Å². The van der Waals surface area contributed by atoms with Crippen molar-refractivity contribution in [1.29, 1.82) is 0 Å². The third-order valence-corrected chi connectivity index (χ3v) is 6.55. The number of rotatable bonds is 11. The molecule has 3 aromatic heterocycles. The van der Waals surface area contributed by atoms with E-state index < -0.39 is 0 Å². The quantitative estimate of drug-likeness (QED) is 0.326. The van der Waals surface area contributed by atoms with Crippen LogP contribution in [0.15, 0.2) is 36.7 Å². The van der Waals surface area contributed by atoms with E-state index in [0.29, 0.717) is 12.5 Å². The van der Waals surface area contributed by atoms with Crippen LogP contribution in [0.25, 0.3) is 0 Å². The van der Waals surface area contributed by atoms with Gasteiger partial charge >= 0.3 is 5.97 Å². The number of anilines is 1. The first kappa shape index (κ1) is 24.7. The van der Waals surface area contributed by atoms with E-state index in [9.17, 15) is 4.79 Å². The molecule has 0 aliphatic carbocycles. The van der Waals surface area contributed by atoms with Crippen LogP contribution in [0.5, 0.6) is 5.88 Å². The zero-order chi connectivity index (χ0) is 24.6. The Labute approximate surface area is 207 Å². The minimum Gasteiger partial charge on any atom is -0.481 e. The van der Waals surface area contributed by atoms with E-state index in [2.05, 4.69) is 27.0 Å². The van der Waals surface area contributed by atoms with E-state index in [1.54, 1.807) is 13.3 Å². The maximum absolute atomic E-state index is 12.4. The van der Waals surface area contributed by atoms with Gasteiger partial charge in [0.15, 0.2) is 0 Å². The maximum atomic E-state index is 12.4. The number of aromatic nitrogens is 4. The van der Waals surface area contributed by atoms with Crippen molar-refractivity contribution in [3.63, 3.8) is 0 Å². The third kappa shape index (κ3) is 6.18. The zero-order valence-corrected chi connectivity index (χ0v) is 20.9. The maximum Gasteiger partial charge on any atom is 0.306 e. The zero-order valence-electron chi connectivity index (χ0n) is 20.9. The van der Waals surface area contributed by atoms with Gasteiger partial charge in [-0.1, -0.05) is 12.1 Å². The number of carbonyl (C=O) groups is 1. The summed E-state index contributed by atoms with van der Waals surface area (Å²) in [4.78, 5) is 26.2. The van der Waals surface area contributed by atoms with Crippen LogP contribution in [0, 0.1) is 0 Å². The Bertz CT molecular complexity index is 1130. The van der Waals surface area contributed by atoms with Crippen LogP contribution in [-0.4, -0.2) is 45.7 Å². The number of esters is 1. The predicted molar refractivity (Wildman–Crippen MR) is 135 cm³/mol. The molecule has 8 nitrogen and oxygen atoms in total. The summed E-state index contributed by atoms with van der Waals surface area (Å²) in [7, 11) is 3.60. The fourth-order valence-corrected chi connectivity index (χ4v) is 4.60. The van der Waals surface area contributed by atoms with Crippen molar-refractivity contribution in [3.8, 4) is 5.88 Å². The van der Waals surface area contributed by atoms with Gasteiger partial charge in [-0.25, -0.2) is 15.0 Å². The van der Waals surface area contributed by atoms with Crippen molar-refractivity contribution < 1.29 is 14.3 Å². The number of ether oxygens (including phenoxy) is 2. The molecule has 0 spiro atoms. The highest BCUT2D eigenvalue weighted by atomic mass is 16.5. The van der Waals surface area contributed by atoms with Gasteiger partial charge < -0.3 is 19.4 Å². The van der Waals surface area contributed by atoms with Crippen LogP contribution in [0.2, 0.25) is 0 Å². The smallest absolute Gasteiger partial charge is 0.306 e. The van der Waals surface area contributed by atoms with Gasteiger partial charge in [-0.2, -0.15) is 0 Å². The highest BCUT2D eigenvalue weighted by Gasteiger charge is 2.24. The summed E-state index contributed by atoms with van der Waals surface area (Å²) < 4.78 is 12.5. The summed E-state index contributed by atoms with van der Waals surface area (Å²) in [6.07, 6.45) is 10.1. The molecule has 4 heterocycles.